The Kier molecular flexibility index (Phi) is 4.34. The maximum atomic E-state index is 11.8. The van der Waals surface area contributed by atoms with Crippen LogP contribution in [0.5, 0.6) is 0 Å². The van der Waals surface area contributed by atoms with Crippen molar-refractivity contribution in [2.75, 3.05) is 12.3 Å². The molecule has 2 aromatic carbocycles. The summed E-state index contributed by atoms with van der Waals surface area (Å²) in [5.41, 5.74) is 9.62. The van der Waals surface area contributed by atoms with Crippen molar-refractivity contribution in [3.63, 3.8) is 0 Å². The fraction of sp³-hybridized carbons (Fsp3) is 0.176. The fourth-order valence-electron chi connectivity index (χ4n) is 2.24. The van der Waals surface area contributed by atoms with Gasteiger partial charge in [-0.3, -0.25) is 0 Å². The number of hydrogen-bond acceptors (Lipinski definition) is 4. The zero-order chi connectivity index (χ0) is 16.4. The lowest BCUT2D eigenvalue weighted by Crippen LogP contribution is -2.05. The third-order valence-corrected chi connectivity index (χ3v) is 4.29. The lowest BCUT2D eigenvalue weighted by molar-refractivity contribution is 0.0505. The summed E-state index contributed by atoms with van der Waals surface area (Å²) < 4.78 is 5.89. The second-order valence-corrected chi connectivity index (χ2v) is 5.96. The van der Waals surface area contributed by atoms with Crippen LogP contribution in [-0.2, 0) is 4.74 Å². The molecule has 0 radical (unpaired) electrons. The number of carbonyl (C=O) groups excluding carboxylic acids is 1. The highest BCUT2D eigenvalue weighted by Gasteiger charge is 2.11. The van der Waals surface area contributed by atoms with Crippen molar-refractivity contribution in [1.82, 2.24) is 9.97 Å². The molecular formula is C17H16BrN3O2. The average molecular weight is 374 g/mol. The predicted molar refractivity (Wildman–Crippen MR) is 94.2 cm³/mol. The standard InChI is InChI=1S/C17H16BrN3O2/c1-2-9-23-17(22)11-5-3-10(4-6-11)16-20-13-8-7-12(19)14(18)15(13)21-16/h3-8H,2,9,19H2,1H3,(H,20,21). The third-order valence-electron chi connectivity index (χ3n) is 3.45. The number of aromatic nitrogens is 2. The van der Waals surface area contributed by atoms with E-state index in [1.165, 1.54) is 0 Å². The van der Waals surface area contributed by atoms with Gasteiger partial charge in [-0.25, -0.2) is 9.78 Å². The van der Waals surface area contributed by atoms with Crippen LogP contribution in [-0.4, -0.2) is 22.5 Å². The highest BCUT2D eigenvalue weighted by Crippen LogP contribution is 2.30. The number of rotatable bonds is 4. The second-order valence-electron chi connectivity index (χ2n) is 5.16. The number of nitrogens with two attached hydrogens (primary N) is 1. The molecule has 0 unspecified atom stereocenters. The molecule has 0 spiro atoms. The van der Waals surface area contributed by atoms with Crippen molar-refractivity contribution in [1.29, 1.82) is 0 Å². The molecule has 118 valence electrons. The number of imidazole rings is 1. The first-order valence-corrected chi connectivity index (χ1v) is 8.10. The Balaban J connectivity index is 1.90. The maximum absolute atomic E-state index is 11.8. The van der Waals surface area contributed by atoms with E-state index < -0.39 is 0 Å². The Morgan fingerprint density at radius 2 is 2.00 bits per heavy atom. The molecule has 1 aromatic heterocycles. The fourth-order valence-corrected chi connectivity index (χ4v) is 2.67. The average Bonchev–Trinajstić information content (AvgIpc) is 3.01. The van der Waals surface area contributed by atoms with Gasteiger partial charge in [-0.15, -0.1) is 0 Å². The summed E-state index contributed by atoms with van der Waals surface area (Å²) in [5.74, 6) is 0.415. The maximum Gasteiger partial charge on any atom is 0.338 e. The summed E-state index contributed by atoms with van der Waals surface area (Å²) in [5, 5.41) is 0. The van der Waals surface area contributed by atoms with Crippen LogP contribution in [0.25, 0.3) is 22.4 Å². The normalized spacial score (nSPS) is 10.9. The topological polar surface area (TPSA) is 81.0 Å². The van der Waals surface area contributed by atoms with Gasteiger partial charge in [0.25, 0.3) is 0 Å². The zero-order valence-corrected chi connectivity index (χ0v) is 14.2. The molecule has 3 rings (SSSR count). The summed E-state index contributed by atoms with van der Waals surface area (Å²) >= 11 is 3.45. The van der Waals surface area contributed by atoms with Crippen LogP contribution in [0.4, 0.5) is 5.69 Å². The molecule has 0 bridgehead atoms. The zero-order valence-electron chi connectivity index (χ0n) is 12.6. The SMILES string of the molecule is CCCOC(=O)c1ccc(-c2nc3c(Br)c(N)ccc3[nH]2)cc1. The van der Waals surface area contributed by atoms with Crippen molar-refractivity contribution in [2.24, 2.45) is 0 Å². The summed E-state index contributed by atoms with van der Waals surface area (Å²) in [6, 6.07) is 10.9. The molecule has 0 fully saturated rings. The summed E-state index contributed by atoms with van der Waals surface area (Å²) in [7, 11) is 0. The number of fused-ring (bicyclic) bond motifs is 1. The second kappa shape index (κ2) is 6.42. The Hall–Kier alpha value is -2.34. The minimum atomic E-state index is -0.307. The number of nitrogens with one attached hydrogen (secondary N) is 1. The van der Waals surface area contributed by atoms with Gasteiger partial charge < -0.3 is 15.5 Å². The van der Waals surface area contributed by atoms with Crippen LogP contribution in [0.15, 0.2) is 40.9 Å². The van der Waals surface area contributed by atoms with E-state index in [0.717, 1.165) is 33.3 Å². The van der Waals surface area contributed by atoms with Gasteiger partial charge in [0.2, 0.25) is 0 Å². The number of esters is 1. The van der Waals surface area contributed by atoms with Crippen molar-refractivity contribution >= 4 is 38.6 Å². The van der Waals surface area contributed by atoms with Gasteiger partial charge in [0.15, 0.2) is 0 Å². The smallest absolute Gasteiger partial charge is 0.338 e. The largest absolute Gasteiger partial charge is 0.462 e. The van der Waals surface area contributed by atoms with Gasteiger partial charge in [0.1, 0.15) is 11.3 Å². The van der Waals surface area contributed by atoms with Gasteiger partial charge in [-0.2, -0.15) is 0 Å². The number of ether oxygens (including phenoxy) is 1. The Morgan fingerprint density at radius 1 is 1.26 bits per heavy atom. The summed E-state index contributed by atoms with van der Waals surface area (Å²) in [6.07, 6.45) is 0.806. The lowest BCUT2D eigenvalue weighted by atomic mass is 10.1. The number of carbonyl (C=O) groups is 1. The van der Waals surface area contributed by atoms with Crippen LogP contribution >= 0.6 is 15.9 Å². The number of anilines is 1. The first-order valence-electron chi connectivity index (χ1n) is 7.31. The van der Waals surface area contributed by atoms with E-state index >= 15 is 0 Å². The molecule has 0 amide bonds. The number of hydrogen-bond donors (Lipinski definition) is 2. The molecule has 3 aromatic rings. The van der Waals surface area contributed by atoms with Gasteiger partial charge in [-0.05, 0) is 46.6 Å². The molecule has 0 aliphatic rings. The minimum absolute atomic E-state index is 0.307. The highest BCUT2D eigenvalue weighted by atomic mass is 79.9. The monoisotopic (exact) mass is 373 g/mol. The number of H-pyrrole nitrogens is 1. The minimum Gasteiger partial charge on any atom is -0.462 e. The number of nitrogen functional groups attached to an aromatic ring is 1. The van der Waals surface area contributed by atoms with Crippen LogP contribution in [0.3, 0.4) is 0 Å². The number of nitrogens with zero attached hydrogens (tertiary/aromatic N) is 1. The van der Waals surface area contributed by atoms with Crippen molar-refractivity contribution in [3.05, 3.63) is 46.4 Å². The molecule has 23 heavy (non-hydrogen) atoms. The van der Waals surface area contributed by atoms with Gasteiger partial charge in [0, 0.05) is 11.3 Å². The molecule has 0 saturated carbocycles. The molecule has 0 atom stereocenters. The van der Waals surface area contributed by atoms with E-state index in [1.807, 2.05) is 31.2 Å². The van der Waals surface area contributed by atoms with Crippen LogP contribution in [0.2, 0.25) is 0 Å². The highest BCUT2D eigenvalue weighted by molar-refractivity contribution is 9.10. The molecule has 3 N–H and O–H groups in total. The summed E-state index contributed by atoms with van der Waals surface area (Å²) in [4.78, 5) is 19.6. The Morgan fingerprint density at radius 3 is 2.70 bits per heavy atom. The van der Waals surface area contributed by atoms with E-state index in [9.17, 15) is 4.79 Å². The molecule has 1 heterocycles. The molecule has 0 aliphatic carbocycles. The van der Waals surface area contributed by atoms with Crippen LogP contribution < -0.4 is 5.73 Å². The van der Waals surface area contributed by atoms with Crippen LogP contribution in [0.1, 0.15) is 23.7 Å². The molecule has 5 nitrogen and oxygen atoms in total. The first-order chi connectivity index (χ1) is 11.1. The van der Waals surface area contributed by atoms with Gasteiger partial charge >= 0.3 is 5.97 Å². The van der Waals surface area contributed by atoms with E-state index in [2.05, 4.69) is 25.9 Å². The predicted octanol–water partition coefficient (Wildman–Crippen LogP) is 4.14. The van der Waals surface area contributed by atoms with E-state index in [1.54, 1.807) is 12.1 Å². The van der Waals surface area contributed by atoms with Crippen molar-refractivity contribution < 1.29 is 9.53 Å². The Labute approximate surface area is 142 Å². The van der Waals surface area contributed by atoms with E-state index in [0.29, 0.717) is 17.9 Å². The Bertz CT molecular complexity index is 856. The molecule has 0 saturated heterocycles. The van der Waals surface area contributed by atoms with E-state index in [4.69, 9.17) is 10.5 Å². The van der Waals surface area contributed by atoms with Crippen LogP contribution in [0, 0.1) is 0 Å². The molecular weight excluding hydrogens is 358 g/mol. The third kappa shape index (κ3) is 3.07. The number of aromatic amines is 1. The number of halogens is 1. The van der Waals surface area contributed by atoms with Crippen molar-refractivity contribution in [3.8, 4) is 11.4 Å². The van der Waals surface area contributed by atoms with Crippen molar-refractivity contribution in [2.45, 2.75) is 13.3 Å². The van der Waals surface area contributed by atoms with Gasteiger partial charge in [-0.1, -0.05) is 19.1 Å². The molecule has 0 aliphatic heterocycles. The lowest BCUT2D eigenvalue weighted by Gasteiger charge is -2.03. The number of benzene rings is 2. The van der Waals surface area contributed by atoms with Gasteiger partial charge in [0.05, 0.1) is 22.2 Å². The quantitative estimate of drug-likeness (QED) is 0.531. The molecule has 6 heteroatoms. The first kappa shape index (κ1) is 15.6. The van der Waals surface area contributed by atoms with E-state index in [-0.39, 0.29) is 5.97 Å². The summed E-state index contributed by atoms with van der Waals surface area (Å²) in [6.45, 7) is 2.39.